The summed E-state index contributed by atoms with van der Waals surface area (Å²) in [6.45, 7) is 0.495. The van der Waals surface area contributed by atoms with Crippen LogP contribution in [0.5, 0.6) is 5.75 Å². The summed E-state index contributed by atoms with van der Waals surface area (Å²) in [7, 11) is 1.61. The summed E-state index contributed by atoms with van der Waals surface area (Å²) in [6.07, 6.45) is 0. The first-order chi connectivity index (χ1) is 11.6. The minimum Gasteiger partial charge on any atom is -0.477 e. The quantitative estimate of drug-likeness (QED) is 0.593. The van der Waals surface area contributed by atoms with Crippen LogP contribution in [0.15, 0.2) is 48.5 Å². The van der Waals surface area contributed by atoms with Gasteiger partial charge in [-0.15, -0.1) is 0 Å². The van der Waals surface area contributed by atoms with Gasteiger partial charge in [-0.25, -0.2) is 0 Å². The van der Waals surface area contributed by atoms with Crippen LogP contribution in [0.3, 0.4) is 0 Å². The van der Waals surface area contributed by atoms with E-state index < -0.39 is 4.92 Å². The van der Waals surface area contributed by atoms with Crippen molar-refractivity contribution in [3.8, 4) is 5.75 Å². The first kappa shape index (κ1) is 17.4. The molecular weight excluding hydrogens is 312 g/mol. The Kier molecular flexibility index (Phi) is 6.27. The molecule has 0 saturated carbocycles. The number of hydrogen-bond acceptors (Lipinski definition) is 5. The van der Waals surface area contributed by atoms with Crippen molar-refractivity contribution in [2.24, 2.45) is 0 Å². The number of hydrogen-bond donors (Lipinski definition) is 1. The molecule has 0 bridgehead atoms. The lowest BCUT2D eigenvalue weighted by Crippen LogP contribution is -2.28. The maximum atomic E-state index is 11.9. The third-order valence-electron chi connectivity index (χ3n) is 3.31. The highest BCUT2D eigenvalue weighted by molar-refractivity contribution is 5.77. The Labute approximate surface area is 139 Å². The van der Waals surface area contributed by atoms with Crippen molar-refractivity contribution in [2.45, 2.75) is 13.2 Å². The summed E-state index contributed by atoms with van der Waals surface area (Å²) < 4.78 is 10.4. The van der Waals surface area contributed by atoms with Crippen LogP contribution in [-0.2, 0) is 22.7 Å². The molecule has 2 rings (SSSR count). The first-order valence-corrected chi connectivity index (χ1v) is 7.30. The zero-order chi connectivity index (χ0) is 17.4. The van der Waals surface area contributed by atoms with Crippen molar-refractivity contribution in [1.29, 1.82) is 0 Å². The predicted molar refractivity (Wildman–Crippen MR) is 87.6 cm³/mol. The predicted octanol–water partition coefficient (Wildman–Crippen LogP) is 2.44. The molecule has 0 aromatic heterocycles. The van der Waals surface area contributed by atoms with Gasteiger partial charge in [0.25, 0.3) is 5.91 Å². The number of methoxy groups -OCH3 is 1. The average Bonchev–Trinajstić information content (AvgIpc) is 2.59. The smallest absolute Gasteiger partial charge is 0.310 e. The van der Waals surface area contributed by atoms with Gasteiger partial charge < -0.3 is 14.8 Å². The van der Waals surface area contributed by atoms with Crippen molar-refractivity contribution in [2.75, 3.05) is 13.7 Å². The van der Waals surface area contributed by atoms with Crippen LogP contribution in [0.1, 0.15) is 11.1 Å². The van der Waals surface area contributed by atoms with Crippen LogP contribution in [0.4, 0.5) is 5.69 Å². The molecular formula is C17H18N2O5. The molecule has 7 nitrogen and oxygen atoms in total. The molecule has 24 heavy (non-hydrogen) atoms. The van der Waals surface area contributed by atoms with Crippen molar-refractivity contribution in [3.63, 3.8) is 0 Å². The second kappa shape index (κ2) is 8.64. The lowest BCUT2D eigenvalue weighted by molar-refractivity contribution is -0.385. The summed E-state index contributed by atoms with van der Waals surface area (Å²) in [6, 6.07) is 13.5. The van der Waals surface area contributed by atoms with E-state index in [0.29, 0.717) is 13.2 Å². The molecule has 1 amide bonds. The van der Waals surface area contributed by atoms with Gasteiger partial charge in [0.1, 0.15) is 0 Å². The molecule has 0 aliphatic rings. The monoisotopic (exact) mass is 330 g/mol. The topological polar surface area (TPSA) is 90.7 Å². The van der Waals surface area contributed by atoms with Crippen molar-refractivity contribution >= 4 is 11.6 Å². The Balaban J connectivity index is 1.90. The van der Waals surface area contributed by atoms with E-state index in [1.807, 2.05) is 24.3 Å². The number of nitrogens with one attached hydrogen (secondary N) is 1. The molecule has 2 aromatic rings. The van der Waals surface area contributed by atoms with Gasteiger partial charge in [0, 0.05) is 19.7 Å². The average molecular weight is 330 g/mol. The Morgan fingerprint density at radius 1 is 1.12 bits per heavy atom. The Morgan fingerprint density at radius 2 is 1.79 bits per heavy atom. The molecule has 126 valence electrons. The number of carbonyl (C=O) groups excluding carboxylic acids is 1. The van der Waals surface area contributed by atoms with E-state index in [1.165, 1.54) is 18.2 Å². The molecule has 0 radical (unpaired) electrons. The maximum absolute atomic E-state index is 11.9. The molecule has 0 aliphatic carbocycles. The first-order valence-electron chi connectivity index (χ1n) is 7.30. The Bertz CT molecular complexity index is 718. The van der Waals surface area contributed by atoms with Crippen molar-refractivity contribution in [3.05, 3.63) is 69.8 Å². The van der Waals surface area contributed by atoms with Gasteiger partial charge in [0.15, 0.2) is 12.4 Å². The summed E-state index contributed by atoms with van der Waals surface area (Å²) in [5, 5.41) is 13.6. The zero-order valence-corrected chi connectivity index (χ0v) is 13.2. The van der Waals surface area contributed by atoms with Crippen molar-refractivity contribution < 1.29 is 19.2 Å². The second-order valence-corrected chi connectivity index (χ2v) is 4.99. The van der Waals surface area contributed by atoms with Gasteiger partial charge >= 0.3 is 5.69 Å². The number of ether oxygens (including phenoxy) is 2. The number of amides is 1. The lowest BCUT2D eigenvalue weighted by atomic mass is 10.1. The second-order valence-electron chi connectivity index (χ2n) is 4.99. The Hall–Kier alpha value is -2.93. The molecule has 0 fully saturated rings. The summed E-state index contributed by atoms with van der Waals surface area (Å²) in [5.41, 5.74) is 1.76. The van der Waals surface area contributed by atoms with Crippen LogP contribution >= 0.6 is 0 Å². The minimum atomic E-state index is -0.547. The van der Waals surface area contributed by atoms with E-state index in [9.17, 15) is 14.9 Å². The van der Waals surface area contributed by atoms with Gasteiger partial charge in [0.2, 0.25) is 0 Å². The molecule has 7 heteroatoms. The highest BCUT2D eigenvalue weighted by Crippen LogP contribution is 2.25. The number of nitro benzene ring substituents is 1. The molecule has 0 aliphatic heterocycles. The number of benzene rings is 2. The molecule has 1 N–H and O–H groups in total. The largest absolute Gasteiger partial charge is 0.477 e. The van der Waals surface area contributed by atoms with Gasteiger partial charge in [-0.3, -0.25) is 14.9 Å². The van der Waals surface area contributed by atoms with Crippen LogP contribution in [0, 0.1) is 10.1 Å². The molecule has 0 heterocycles. The maximum Gasteiger partial charge on any atom is 0.310 e. The fraction of sp³-hybridized carbons (Fsp3) is 0.235. The summed E-state index contributed by atoms with van der Waals surface area (Å²) >= 11 is 0. The number of nitrogens with zero attached hydrogens (tertiary/aromatic N) is 1. The van der Waals surface area contributed by atoms with E-state index in [4.69, 9.17) is 9.47 Å². The lowest BCUT2D eigenvalue weighted by Gasteiger charge is -2.11. The fourth-order valence-corrected chi connectivity index (χ4v) is 2.14. The molecule has 0 spiro atoms. The highest BCUT2D eigenvalue weighted by atomic mass is 16.6. The van der Waals surface area contributed by atoms with Crippen LogP contribution < -0.4 is 10.1 Å². The van der Waals surface area contributed by atoms with E-state index in [1.54, 1.807) is 13.2 Å². The number of carbonyl (C=O) groups is 1. The van der Waals surface area contributed by atoms with E-state index in [2.05, 4.69) is 5.32 Å². The standard InChI is InChI=1S/C17H18N2O5/c1-23-11-14-7-3-2-6-13(14)10-18-17(20)12-24-16-9-5-4-8-15(16)19(21)22/h2-9H,10-12H2,1H3,(H,18,20). The minimum absolute atomic E-state index is 0.0671. The number of rotatable bonds is 8. The van der Waals surface area contributed by atoms with E-state index in [0.717, 1.165) is 11.1 Å². The number of para-hydroxylation sites is 2. The van der Waals surface area contributed by atoms with Gasteiger partial charge in [-0.1, -0.05) is 36.4 Å². The van der Waals surface area contributed by atoms with Gasteiger partial charge in [0.05, 0.1) is 11.5 Å². The normalized spacial score (nSPS) is 10.2. The van der Waals surface area contributed by atoms with Crippen molar-refractivity contribution in [1.82, 2.24) is 5.32 Å². The molecule has 0 saturated heterocycles. The number of nitro groups is 1. The zero-order valence-electron chi connectivity index (χ0n) is 13.2. The molecule has 0 unspecified atom stereocenters. The Morgan fingerprint density at radius 3 is 2.50 bits per heavy atom. The van der Waals surface area contributed by atoms with Crippen LogP contribution in [0.25, 0.3) is 0 Å². The third-order valence-corrected chi connectivity index (χ3v) is 3.31. The summed E-state index contributed by atoms with van der Waals surface area (Å²) in [5.74, 6) is -0.294. The van der Waals surface area contributed by atoms with Gasteiger partial charge in [-0.05, 0) is 17.2 Å². The van der Waals surface area contributed by atoms with E-state index >= 15 is 0 Å². The summed E-state index contributed by atoms with van der Waals surface area (Å²) in [4.78, 5) is 22.2. The van der Waals surface area contributed by atoms with Crippen LogP contribution in [0.2, 0.25) is 0 Å². The van der Waals surface area contributed by atoms with E-state index in [-0.39, 0.29) is 24.0 Å². The molecule has 2 aromatic carbocycles. The fourth-order valence-electron chi connectivity index (χ4n) is 2.14. The van der Waals surface area contributed by atoms with Crippen LogP contribution in [-0.4, -0.2) is 24.5 Å². The molecule has 0 atom stereocenters. The highest BCUT2D eigenvalue weighted by Gasteiger charge is 2.14. The third kappa shape index (κ3) is 4.79. The van der Waals surface area contributed by atoms with Gasteiger partial charge in [-0.2, -0.15) is 0 Å². The SMILES string of the molecule is COCc1ccccc1CNC(=O)COc1ccccc1[N+](=O)[O-].